The van der Waals surface area contributed by atoms with E-state index in [1.165, 1.54) is 0 Å². The van der Waals surface area contributed by atoms with Gasteiger partial charge in [-0.05, 0) is 17.2 Å². The first kappa shape index (κ1) is 13.9. The van der Waals surface area contributed by atoms with Gasteiger partial charge in [-0.15, -0.1) is 0 Å². The third kappa shape index (κ3) is 2.84. The van der Waals surface area contributed by atoms with Gasteiger partial charge in [-0.25, -0.2) is 0 Å². The van der Waals surface area contributed by atoms with E-state index < -0.39 is 0 Å². The van der Waals surface area contributed by atoms with E-state index in [2.05, 4.69) is 17.2 Å². The molecule has 2 N–H and O–H groups in total. The highest BCUT2D eigenvalue weighted by Crippen LogP contribution is 2.26. The minimum atomic E-state index is -0.0591. The van der Waals surface area contributed by atoms with Crippen LogP contribution in [0.4, 0.5) is 0 Å². The van der Waals surface area contributed by atoms with Crippen LogP contribution in [0.2, 0.25) is 5.02 Å². The lowest BCUT2D eigenvalue weighted by atomic mass is 10.1. The van der Waals surface area contributed by atoms with Crippen LogP contribution in [0.25, 0.3) is 11.1 Å². The SMILES string of the molecule is NCC(c1ccccc1Cl)n1cc(-c2ccccc2)cn1. The maximum atomic E-state index is 6.27. The number of aromatic nitrogens is 2. The Kier molecular flexibility index (Phi) is 4.04. The van der Waals surface area contributed by atoms with Crippen LogP contribution in [0.3, 0.4) is 0 Å². The molecule has 0 saturated carbocycles. The lowest BCUT2D eigenvalue weighted by Crippen LogP contribution is -2.21. The van der Waals surface area contributed by atoms with Crippen LogP contribution in [0.1, 0.15) is 11.6 Å². The summed E-state index contributed by atoms with van der Waals surface area (Å²) in [5.41, 5.74) is 9.13. The molecular weight excluding hydrogens is 282 g/mol. The first-order valence-electron chi connectivity index (χ1n) is 6.83. The van der Waals surface area contributed by atoms with E-state index in [0.717, 1.165) is 16.7 Å². The molecule has 0 aliphatic heterocycles. The first-order chi connectivity index (χ1) is 10.3. The maximum Gasteiger partial charge on any atom is 0.0905 e. The largest absolute Gasteiger partial charge is 0.328 e. The van der Waals surface area contributed by atoms with E-state index in [9.17, 15) is 0 Å². The van der Waals surface area contributed by atoms with Crippen molar-refractivity contribution in [2.75, 3.05) is 6.54 Å². The van der Waals surface area contributed by atoms with Gasteiger partial charge in [0.25, 0.3) is 0 Å². The summed E-state index contributed by atoms with van der Waals surface area (Å²) in [7, 11) is 0. The van der Waals surface area contributed by atoms with Crippen molar-refractivity contribution < 1.29 is 0 Å². The number of rotatable bonds is 4. The van der Waals surface area contributed by atoms with Gasteiger partial charge in [0.05, 0.1) is 12.2 Å². The van der Waals surface area contributed by atoms with Gasteiger partial charge in [0.15, 0.2) is 0 Å². The zero-order valence-electron chi connectivity index (χ0n) is 11.5. The van der Waals surface area contributed by atoms with Gasteiger partial charge in [-0.2, -0.15) is 5.10 Å². The molecule has 0 aliphatic carbocycles. The Hall–Kier alpha value is -2.10. The molecule has 21 heavy (non-hydrogen) atoms. The molecule has 4 heteroatoms. The fraction of sp³-hybridized carbons (Fsp3) is 0.118. The minimum Gasteiger partial charge on any atom is -0.328 e. The standard InChI is InChI=1S/C17H16ClN3/c18-16-9-5-4-8-15(16)17(10-19)21-12-14(11-20-21)13-6-2-1-3-7-13/h1-9,11-12,17H,10,19H2. The predicted octanol–water partition coefficient (Wildman–Crippen LogP) is 3.75. The summed E-state index contributed by atoms with van der Waals surface area (Å²) in [4.78, 5) is 0. The van der Waals surface area contributed by atoms with Gasteiger partial charge >= 0.3 is 0 Å². The summed E-state index contributed by atoms with van der Waals surface area (Å²) in [5, 5.41) is 5.17. The highest BCUT2D eigenvalue weighted by molar-refractivity contribution is 6.31. The molecule has 0 fully saturated rings. The van der Waals surface area contributed by atoms with Crippen molar-refractivity contribution in [1.82, 2.24) is 9.78 Å². The Morgan fingerprint density at radius 3 is 2.43 bits per heavy atom. The Morgan fingerprint density at radius 2 is 1.71 bits per heavy atom. The molecule has 106 valence electrons. The Balaban J connectivity index is 1.96. The lowest BCUT2D eigenvalue weighted by Gasteiger charge is -2.17. The molecular formula is C17H16ClN3. The Morgan fingerprint density at radius 1 is 1.00 bits per heavy atom. The topological polar surface area (TPSA) is 43.8 Å². The number of halogens is 1. The van der Waals surface area contributed by atoms with Gasteiger partial charge in [0, 0.05) is 23.3 Å². The van der Waals surface area contributed by atoms with Crippen molar-refractivity contribution in [3.63, 3.8) is 0 Å². The van der Waals surface area contributed by atoms with E-state index in [1.807, 2.05) is 59.5 Å². The molecule has 3 rings (SSSR count). The monoisotopic (exact) mass is 297 g/mol. The molecule has 3 aromatic rings. The third-order valence-corrected chi connectivity index (χ3v) is 3.86. The van der Waals surface area contributed by atoms with Crippen LogP contribution >= 0.6 is 11.6 Å². The average Bonchev–Trinajstić information content (AvgIpc) is 3.00. The van der Waals surface area contributed by atoms with E-state index in [1.54, 1.807) is 0 Å². The second kappa shape index (κ2) is 6.12. The van der Waals surface area contributed by atoms with Crippen LogP contribution in [-0.4, -0.2) is 16.3 Å². The number of nitrogens with zero attached hydrogens (tertiary/aromatic N) is 2. The number of hydrogen-bond acceptors (Lipinski definition) is 2. The van der Waals surface area contributed by atoms with Gasteiger partial charge in [-0.1, -0.05) is 60.1 Å². The van der Waals surface area contributed by atoms with Crippen LogP contribution in [-0.2, 0) is 0 Å². The maximum absolute atomic E-state index is 6.27. The third-order valence-electron chi connectivity index (χ3n) is 3.52. The Labute approximate surface area is 129 Å². The van der Waals surface area contributed by atoms with Crippen LogP contribution in [0, 0.1) is 0 Å². The van der Waals surface area contributed by atoms with Crippen LogP contribution < -0.4 is 5.73 Å². The van der Waals surface area contributed by atoms with Crippen molar-refractivity contribution in [2.45, 2.75) is 6.04 Å². The lowest BCUT2D eigenvalue weighted by molar-refractivity contribution is 0.532. The van der Waals surface area contributed by atoms with E-state index in [4.69, 9.17) is 17.3 Å². The second-order valence-electron chi connectivity index (χ2n) is 4.85. The fourth-order valence-electron chi connectivity index (χ4n) is 2.41. The van der Waals surface area contributed by atoms with Crippen LogP contribution in [0.5, 0.6) is 0 Å². The summed E-state index contributed by atoms with van der Waals surface area (Å²) in [5.74, 6) is 0. The molecule has 1 heterocycles. The molecule has 0 spiro atoms. The number of hydrogen-bond donors (Lipinski definition) is 1. The molecule has 0 saturated heterocycles. The molecule has 0 aliphatic rings. The van der Waals surface area contributed by atoms with Gasteiger partial charge in [-0.3, -0.25) is 4.68 Å². The van der Waals surface area contributed by atoms with Gasteiger partial charge in [0.2, 0.25) is 0 Å². The minimum absolute atomic E-state index is 0.0591. The van der Waals surface area contributed by atoms with Crippen molar-refractivity contribution >= 4 is 11.6 Å². The second-order valence-corrected chi connectivity index (χ2v) is 5.26. The van der Waals surface area contributed by atoms with Crippen molar-refractivity contribution in [3.8, 4) is 11.1 Å². The normalized spacial score (nSPS) is 12.3. The summed E-state index contributed by atoms with van der Waals surface area (Å²) < 4.78 is 1.88. The van der Waals surface area contributed by atoms with Crippen molar-refractivity contribution in [3.05, 3.63) is 77.6 Å². The molecule has 0 radical (unpaired) electrons. The zero-order valence-corrected chi connectivity index (χ0v) is 12.2. The van der Waals surface area contributed by atoms with E-state index in [0.29, 0.717) is 11.6 Å². The van der Waals surface area contributed by atoms with Crippen molar-refractivity contribution in [1.29, 1.82) is 0 Å². The number of nitrogens with two attached hydrogens (primary N) is 1. The quantitative estimate of drug-likeness (QED) is 0.797. The molecule has 3 nitrogen and oxygen atoms in total. The zero-order chi connectivity index (χ0) is 14.7. The molecule has 1 unspecified atom stereocenters. The highest BCUT2D eigenvalue weighted by atomic mass is 35.5. The summed E-state index contributed by atoms with van der Waals surface area (Å²) in [6.07, 6.45) is 3.87. The van der Waals surface area contributed by atoms with E-state index in [-0.39, 0.29) is 6.04 Å². The summed E-state index contributed by atoms with van der Waals surface area (Å²) in [6, 6.07) is 17.8. The fourth-order valence-corrected chi connectivity index (χ4v) is 2.67. The highest BCUT2D eigenvalue weighted by Gasteiger charge is 2.16. The summed E-state index contributed by atoms with van der Waals surface area (Å²) >= 11 is 6.27. The molecule has 1 aromatic heterocycles. The van der Waals surface area contributed by atoms with Gasteiger partial charge < -0.3 is 5.73 Å². The van der Waals surface area contributed by atoms with Gasteiger partial charge in [0.1, 0.15) is 0 Å². The molecule has 0 bridgehead atoms. The predicted molar refractivity (Wildman–Crippen MR) is 86.3 cm³/mol. The smallest absolute Gasteiger partial charge is 0.0905 e. The van der Waals surface area contributed by atoms with E-state index >= 15 is 0 Å². The summed E-state index contributed by atoms with van der Waals surface area (Å²) in [6.45, 7) is 0.444. The Bertz CT molecular complexity index is 722. The molecule has 1 atom stereocenters. The first-order valence-corrected chi connectivity index (χ1v) is 7.21. The van der Waals surface area contributed by atoms with Crippen LogP contribution in [0.15, 0.2) is 67.0 Å². The number of benzene rings is 2. The molecule has 0 amide bonds. The molecule has 2 aromatic carbocycles. The average molecular weight is 298 g/mol. The van der Waals surface area contributed by atoms with Crippen molar-refractivity contribution in [2.24, 2.45) is 5.73 Å².